The van der Waals surface area contributed by atoms with Crippen LogP contribution in [0, 0.1) is 0 Å². The highest BCUT2D eigenvalue weighted by Gasteiger charge is 2.21. The zero-order valence-electron chi connectivity index (χ0n) is 17.6. The largest absolute Gasteiger partial charge is 0.385 e. The van der Waals surface area contributed by atoms with E-state index < -0.39 is 0 Å². The van der Waals surface area contributed by atoms with Crippen LogP contribution >= 0.6 is 0 Å². The number of aromatic nitrogens is 4. The molecule has 2 amide bonds. The quantitative estimate of drug-likeness (QED) is 0.588. The fourth-order valence-electron chi connectivity index (χ4n) is 3.75. The summed E-state index contributed by atoms with van der Waals surface area (Å²) in [6, 6.07) is 5.15. The third kappa shape index (κ3) is 4.72. The number of nitrogens with one attached hydrogen (secondary N) is 1. The van der Waals surface area contributed by atoms with E-state index in [1.54, 1.807) is 37.7 Å². The molecule has 4 heterocycles. The zero-order valence-corrected chi connectivity index (χ0v) is 17.6. The summed E-state index contributed by atoms with van der Waals surface area (Å²) in [6.07, 6.45) is 8.66. The fourth-order valence-corrected chi connectivity index (χ4v) is 3.75. The normalized spacial score (nSPS) is 14.0. The average molecular weight is 422 g/mol. The topological polar surface area (TPSA) is 102 Å². The molecule has 162 valence electrons. The number of ether oxygens (including phenoxy) is 1. The molecule has 1 aliphatic heterocycles. The summed E-state index contributed by atoms with van der Waals surface area (Å²) in [5.41, 5.74) is 2.14. The number of carbonyl (C=O) groups is 2. The summed E-state index contributed by atoms with van der Waals surface area (Å²) >= 11 is 0. The van der Waals surface area contributed by atoms with Crippen LogP contribution < -0.4 is 5.32 Å². The van der Waals surface area contributed by atoms with Crippen LogP contribution in [0.3, 0.4) is 0 Å². The lowest BCUT2D eigenvalue weighted by Crippen LogP contribution is -2.35. The second-order valence-corrected chi connectivity index (χ2v) is 7.55. The molecule has 0 bridgehead atoms. The molecule has 0 spiro atoms. The Morgan fingerprint density at radius 1 is 1.16 bits per heavy atom. The second kappa shape index (κ2) is 9.65. The molecule has 31 heavy (non-hydrogen) atoms. The molecule has 1 saturated heterocycles. The maximum absolute atomic E-state index is 12.9. The van der Waals surface area contributed by atoms with Crippen molar-refractivity contribution in [2.24, 2.45) is 0 Å². The summed E-state index contributed by atoms with van der Waals surface area (Å²) in [7, 11) is 1.65. The number of methoxy groups -OCH3 is 1. The van der Waals surface area contributed by atoms with Crippen LogP contribution in [0.25, 0.3) is 11.2 Å². The Hall–Kier alpha value is -3.33. The monoisotopic (exact) mass is 422 g/mol. The van der Waals surface area contributed by atoms with Crippen LogP contribution in [-0.2, 0) is 11.3 Å². The van der Waals surface area contributed by atoms with Crippen molar-refractivity contribution in [1.29, 1.82) is 0 Å². The first-order valence-corrected chi connectivity index (χ1v) is 10.5. The summed E-state index contributed by atoms with van der Waals surface area (Å²) in [5.74, 6) is 0.0556. The van der Waals surface area contributed by atoms with Gasteiger partial charge in [0.15, 0.2) is 5.65 Å². The van der Waals surface area contributed by atoms with Gasteiger partial charge in [-0.1, -0.05) is 0 Å². The van der Waals surface area contributed by atoms with Crippen molar-refractivity contribution < 1.29 is 14.3 Å². The van der Waals surface area contributed by atoms with E-state index in [9.17, 15) is 9.59 Å². The minimum Gasteiger partial charge on any atom is -0.385 e. The van der Waals surface area contributed by atoms with Crippen LogP contribution in [0.4, 0.5) is 5.95 Å². The number of fused-ring (bicyclic) bond motifs is 1. The Bertz CT molecular complexity index is 1060. The number of carbonyl (C=O) groups excluding carboxylic acids is 2. The molecule has 0 radical (unpaired) electrons. The fraction of sp³-hybridized carbons (Fsp3) is 0.409. The Labute approximate surface area is 180 Å². The van der Waals surface area contributed by atoms with E-state index in [1.807, 2.05) is 9.47 Å². The standard InChI is InChI=1S/C22H26N6O3/c1-31-12-6-11-28-19-18(25-22(28)26-20(29)16-7-5-8-23-14-16)13-17(15-24-19)21(30)27-9-3-2-4-10-27/h5,7-8,13-15H,2-4,6,9-12H2,1H3,(H,25,26,29). The van der Waals surface area contributed by atoms with Gasteiger partial charge >= 0.3 is 0 Å². The molecule has 0 aliphatic carbocycles. The van der Waals surface area contributed by atoms with E-state index >= 15 is 0 Å². The lowest BCUT2D eigenvalue weighted by atomic mass is 10.1. The average Bonchev–Trinajstić information content (AvgIpc) is 3.16. The number of rotatable bonds is 7. The molecule has 1 N–H and O–H groups in total. The highest BCUT2D eigenvalue weighted by Crippen LogP contribution is 2.22. The molecule has 0 atom stereocenters. The van der Waals surface area contributed by atoms with Gasteiger partial charge in [0.05, 0.1) is 11.1 Å². The van der Waals surface area contributed by atoms with Gasteiger partial charge in [-0.3, -0.25) is 24.5 Å². The van der Waals surface area contributed by atoms with E-state index in [4.69, 9.17) is 4.74 Å². The molecular formula is C22H26N6O3. The number of aryl methyl sites for hydroxylation is 1. The van der Waals surface area contributed by atoms with Crippen LogP contribution in [0.2, 0.25) is 0 Å². The van der Waals surface area contributed by atoms with Gasteiger partial charge in [0, 0.05) is 51.9 Å². The molecule has 3 aromatic heterocycles. The molecule has 1 fully saturated rings. The van der Waals surface area contributed by atoms with E-state index in [0.717, 1.165) is 38.8 Å². The van der Waals surface area contributed by atoms with Crippen LogP contribution in [0.5, 0.6) is 0 Å². The molecule has 0 saturated carbocycles. The minimum atomic E-state index is -0.305. The van der Waals surface area contributed by atoms with Crippen molar-refractivity contribution in [2.75, 3.05) is 32.1 Å². The third-order valence-corrected chi connectivity index (χ3v) is 5.35. The number of hydrogen-bond donors (Lipinski definition) is 1. The smallest absolute Gasteiger partial charge is 0.259 e. The maximum Gasteiger partial charge on any atom is 0.259 e. The highest BCUT2D eigenvalue weighted by molar-refractivity contribution is 6.04. The van der Waals surface area contributed by atoms with Crippen molar-refractivity contribution in [3.05, 3.63) is 47.9 Å². The van der Waals surface area contributed by atoms with Gasteiger partial charge in [0.25, 0.3) is 11.8 Å². The lowest BCUT2D eigenvalue weighted by molar-refractivity contribution is 0.0724. The predicted octanol–water partition coefficient (Wildman–Crippen LogP) is 2.74. The van der Waals surface area contributed by atoms with E-state index in [0.29, 0.717) is 41.4 Å². The number of piperidine rings is 1. The molecule has 0 aromatic carbocycles. The Morgan fingerprint density at radius 3 is 2.74 bits per heavy atom. The van der Waals surface area contributed by atoms with Crippen molar-refractivity contribution in [2.45, 2.75) is 32.2 Å². The van der Waals surface area contributed by atoms with Gasteiger partial charge in [-0.25, -0.2) is 9.97 Å². The summed E-state index contributed by atoms with van der Waals surface area (Å²) < 4.78 is 7.01. The second-order valence-electron chi connectivity index (χ2n) is 7.55. The molecule has 9 heteroatoms. The predicted molar refractivity (Wildman–Crippen MR) is 116 cm³/mol. The molecule has 4 rings (SSSR count). The first-order valence-electron chi connectivity index (χ1n) is 10.5. The summed E-state index contributed by atoms with van der Waals surface area (Å²) in [5, 5.41) is 2.85. The third-order valence-electron chi connectivity index (χ3n) is 5.35. The Balaban J connectivity index is 1.64. The van der Waals surface area contributed by atoms with Gasteiger partial charge in [-0.05, 0) is 43.9 Å². The van der Waals surface area contributed by atoms with E-state index in [1.165, 1.54) is 6.20 Å². The van der Waals surface area contributed by atoms with Crippen LogP contribution in [-0.4, -0.2) is 63.0 Å². The number of hydrogen-bond acceptors (Lipinski definition) is 6. The van der Waals surface area contributed by atoms with E-state index in [2.05, 4.69) is 20.3 Å². The van der Waals surface area contributed by atoms with Crippen LogP contribution in [0.1, 0.15) is 46.4 Å². The van der Waals surface area contributed by atoms with Crippen LogP contribution in [0.15, 0.2) is 36.8 Å². The number of anilines is 1. The Morgan fingerprint density at radius 2 is 2.00 bits per heavy atom. The van der Waals surface area contributed by atoms with Gasteiger partial charge in [0.2, 0.25) is 5.95 Å². The Kier molecular flexibility index (Phi) is 6.51. The van der Waals surface area contributed by atoms with Crippen molar-refractivity contribution in [3.63, 3.8) is 0 Å². The van der Waals surface area contributed by atoms with Crippen molar-refractivity contribution >= 4 is 28.9 Å². The van der Waals surface area contributed by atoms with E-state index in [-0.39, 0.29) is 11.8 Å². The summed E-state index contributed by atoms with van der Waals surface area (Å²) in [6.45, 7) is 2.68. The maximum atomic E-state index is 12.9. The molecule has 3 aromatic rings. The SMILES string of the molecule is COCCCn1c(NC(=O)c2cccnc2)nc2cc(C(=O)N3CCCCC3)cnc21. The lowest BCUT2D eigenvalue weighted by Gasteiger charge is -2.26. The molecule has 1 aliphatic rings. The number of imidazole rings is 1. The number of amides is 2. The minimum absolute atomic E-state index is 0.0241. The van der Waals surface area contributed by atoms with Gasteiger partial charge in [-0.2, -0.15) is 0 Å². The van der Waals surface area contributed by atoms with Gasteiger partial charge in [-0.15, -0.1) is 0 Å². The van der Waals surface area contributed by atoms with Crippen molar-refractivity contribution in [3.8, 4) is 0 Å². The first kappa shape index (κ1) is 20.9. The van der Waals surface area contributed by atoms with Gasteiger partial charge < -0.3 is 9.64 Å². The molecule has 0 unspecified atom stereocenters. The number of pyridine rings is 2. The van der Waals surface area contributed by atoms with Crippen molar-refractivity contribution in [1.82, 2.24) is 24.4 Å². The zero-order chi connectivity index (χ0) is 21.6. The van der Waals surface area contributed by atoms with Gasteiger partial charge in [0.1, 0.15) is 5.52 Å². The molecular weight excluding hydrogens is 396 g/mol. The first-order chi connectivity index (χ1) is 15.2. The summed E-state index contributed by atoms with van der Waals surface area (Å²) in [4.78, 5) is 40.5. The molecule has 9 nitrogen and oxygen atoms in total. The number of nitrogens with zero attached hydrogens (tertiary/aromatic N) is 5. The number of likely N-dealkylation sites (tertiary alicyclic amines) is 1. The highest BCUT2D eigenvalue weighted by atomic mass is 16.5.